The van der Waals surface area contributed by atoms with Crippen LogP contribution in [0.15, 0.2) is 18.2 Å². The topological polar surface area (TPSA) is 55.5 Å². The molecule has 0 unspecified atom stereocenters. The number of phenolic OH excluding ortho intramolecular Hbond substituents is 1. The Kier molecular flexibility index (Phi) is 1.88. The second-order valence-electron chi connectivity index (χ2n) is 3.44. The lowest BCUT2D eigenvalue weighted by molar-refractivity contribution is 0.373. The summed E-state index contributed by atoms with van der Waals surface area (Å²) in [7, 11) is 1.54. The maximum absolute atomic E-state index is 9.49. The van der Waals surface area contributed by atoms with E-state index in [2.05, 4.69) is 0 Å². The molecule has 3 heteroatoms. The first-order valence-corrected chi connectivity index (χ1v) is 4.35. The standard InChI is InChI=1S/C10H13NO2/c1-13-10-3-2-6(4-9(10)12)7-5-8(7)11/h2-4,7-8,12H,5,11H2,1H3/t7-,8+/m0/s1. The highest BCUT2D eigenvalue weighted by atomic mass is 16.5. The van der Waals surface area contributed by atoms with E-state index in [0.29, 0.717) is 11.7 Å². The summed E-state index contributed by atoms with van der Waals surface area (Å²) in [5, 5.41) is 9.49. The maximum Gasteiger partial charge on any atom is 0.160 e. The van der Waals surface area contributed by atoms with E-state index in [1.807, 2.05) is 6.07 Å². The summed E-state index contributed by atoms with van der Waals surface area (Å²) in [6.45, 7) is 0. The van der Waals surface area contributed by atoms with Crippen molar-refractivity contribution >= 4 is 0 Å². The number of nitrogens with two attached hydrogens (primary N) is 1. The Bertz CT molecular complexity index is 325. The first-order chi connectivity index (χ1) is 6.22. The highest BCUT2D eigenvalue weighted by molar-refractivity contribution is 5.44. The summed E-state index contributed by atoms with van der Waals surface area (Å²) >= 11 is 0. The summed E-state index contributed by atoms with van der Waals surface area (Å²) in [5.41, 5.74) is 6.81. The summed E-state index contributed by atoms with van der Waals surface area (Å²) in [6, 6.07) is 5.73. The molecule has 1 aliphatic carbocycles. The molecule has 0 heterocycles. The van der Waals surface area contributed by atoms with Crippen LogP contribution in [0.5, 0.6) is 11.5 Å². The molecule has 3 N–H and O–H groups in total. The van der Waals surface area contributed by atoms with Crippen LogP contribution < -0.4 is 10.5 Å². The minimum Gasteiger partial charge on any atom is -0.504 e. The van der Waals surface area contributed by atoms with E-state index in [1.54, 1.807) is 12.1 Å². The van der Waals surface area contributed by atoms with E-state index in [0.717, 1.165) is 12.0 Å². The van der Waals surface area contributed by atoms with Gasteiger partial charge >= 0.3 is 0 Å². The van der Waals surface area contributed by atoms with Gasteiger partial charge in [-0.2, -0.15) is 0 Å². The third-order valence-corrected chi connectivity index (χ3v) is 2.47. The molecule has 0 saturated heterocycles. The first kappa shape index (κ1) is 8.38. The van der Waals surface area contributed by atoms with E-state index in [1.165, 1.54) is 7.11 Å². The van der Waals surface area contributed by atoms with Gasteiger partial charge in [-0.15, -0.1) is 0 Å². The van der Waals surface area contributed by atoms with Gasteiger partial charge in [-0.25, -0.2) is 0 Å². The molecule has 1 saturated carbocycles. The van der Waals surface area contributed by atoms with Gasteiger partial charge in [0.05, 0.1) is 7.11 Å². The molecular weight excluding hydrogens is 166 g/mol. The molecule has 0 aliphatic heterocycles. The smallest absolute Gasteiger partial charge is 0.160 e. The SMILES string of the molecule is COc1ccc([C@@H]2C[C@H]2N)cc1O. The molecule has 0 radical (unpaired) electrons. The molecule has 70 valence electrons. The van der Waals surface area contributed by atoms with Crippen LogP contribution in [0.25, 0.3) is 0 Å². The van der Waals surface area contributed by atoms with Crippen molar-refractivity contribution in [1.29, 1.82) is 0 Å². The van der Waals surface area contributed by atoms with Crippen molar-refractivity contribution in [2.24, 2.45) is 5.73 Å². The highest BCUT2D eigenvalue weighted by Crippen LogP contribution is 2.41. The summed E-state index contributed by atoms with van der Waals surface area (Å²) in [4.78, 5) is 0. The Labute approximate surface area is 77.1 Å². The molecule has 2 rings (SSSR count). The third-order valence-electron chi connectivity index (χ3n) is 2.47. The van der Waals surface area contributed by atoms with Gasteiger partial charge in [-0.3, -0.25) is 0 Å². The average Bonchev–Trinajstić information content (AvgIpc) is 2.82. The molecule has 3 nitrogen and oxygen atoms in total. The normalized spacial score (nSPS) is 25.7. The third kappa shape index (κ3) is 1.47. The lowest BCUT2D eigenvalue weighted by atomic mass is 10.1. The minimum atomic E-state index is 0.194. The van der Waals surface area contributed by atoms with Gasteiger partial charge in [0.2, 0.25) is 0 Å². The van der Waals surface area contributed by atoms with Crippen LogP contribution in [0.3, 0.4) is 0 Å². The lowest BCUT2D eigenvalue weighted by Gasteiger charge is -2.04. The second kappa shape index (κ2) is 2.92. The summed E-state index contributed by atoms with van der Waals surface area (Å²) in [6.07, 6.45) is 1.02. The van der Waals surface area contributed by atoms with E-state index in [4.69, 9.17) is 10.5 Å². The fourth-order valence-electron chi connectivity index (χ4n) is 1.54. The van der Waals surface area contributed by atoms with E-state index >= 15 is 0 Å². The number of phenols is 1. The Morgan fingerprint density at radius 2 is 2.23 bits per heavy atom. The van der Waals surface area contributed by atoms with Crippen molar-refractivity contribution in [3.8, 4) is 11.5 Å². The van der Waals surface area contributed by atoms with Crippen LogP contribution in [0.4, 0.5) is 0 Å². The molecule has 1 aromatic carbocycles. The first-order valence-electron chi connectivity index (χ1n) is 4.35. The Hall–Kier alpha value is -1.22. The van der Waals surface area contributed by atoms with Crippen LogP contribution in [0, 0.1) is 0 Å². The van der Waals surface area contributed by atoms with Crippen LogP contribution in [0.1, 0.15) is 17.9 Å². The van der Waals surface area contributed by atoms with E-state index in [-0.39, 0.29) is 11.8 Å². The van der Waals surface area contributed by atoms with Crippen LogP contribution in [-0.2, 0) is 0 Å². The van der Waals surface area contributed by atoms with Crippen molar-refractivity contribution in [2.75, 3.05) is 7.11 Å². The Balaban J connectivity index is 2.25. The maximum atomic E-state index is 9.49. The average molecular weight is 179 g/mol. The molecule has 1 aliphatic rings. The van der Waals surface area contributed by atoms with Gasteiger partial charge in [0.15, 0.2) is 11.5 Å². The zero-order valence-corrected chi connectivity index (χ0v) is 7.53. The monoisotopic (exact) mass is 179 g/mol. The van der Waals surface area contributed by atoms with Crippen molar-refractivity contribution in [2.45, 2.75) is 18.4 Å². The predicted molar refractivity (Wildman–Crippen MR) is 50.0 cm³/mol. The number of ether oxygens (including phenoxy) is 1. The molecule has 0 aromatic heterocycles. The zero-order valence-electron chi connectivity index (χ0n) is 7.53. The number of methoxy groups -OCH3 is 1. The molecule has 2 atom stereocenters. The number of hydrogen-bond acceptors (Lipinski definition) is 3. The van der Waals surface area contributed by atoms with Crippen LogP contribution in [-0.4, -0.2) is 18.3 Å². The van der Waals surface area contributed by atoms with E-state index < -0.39 is 0 Å². The predicted octanol–water partition coefficient (Wildman–Crippen LogP) is 1.22. The van der Waals surface area contributed by atoms with Gasteiger partial charge < -0.3 is 15.6 Å². The molecular formula is C10H13NO2. The van der Waals surface area contributed by atoms with Gasteiger partial charge in [0.25, 0.3) is 0 Å². The molecule has 1 fully saturated rings. The van der Waals surface area contributed by atoms with Gasteiger partial charge in [-0.05, 0) is 24.1 Å². The fraction of sp³-hybridized carbons (Fsp3) is 0.400. The van der Waals surface area contributed by atoms with Gasteiger partial charge in [0, 0.05) is 12.0 Å². The molecule has 0 amide bonds. The number of hydrogen-bond donors (Lipinski definition) is 2. The quantitative estimate of drug-likeness (QED) is 0.717. The van der Waals surface area contributed by atoms with Crippen molar-refractivity contribution in [3.05, 3.63) is 23.8 Å². The van der Waals surface area contributed by atoms with Gasteiger partial charge in [-0.1, -0.05) is 6.07 Å². The number of rotatable bonds is 2. The summed E-state index contributed by atoms with van der Waals surface area (Å²) in [5.74, 6) is 1.13. The second-order valence-corrected chi connectivity index (χ2v) is 3.44. The Morgan fingerprint density at radius 3 is 2.69 bits per heavy atom. The number of aromatic hydroxyl groups is 1. The van der Waals surface area contributed by atoms with Crippen LogP contribution in [0.2, 0.25) is 0 Å². The van der Waals surface area contributed by atoms with Crippen molar-refractivity contribution in [1.82, 2.24) is 0 Å². The number of benzene rings is 1. The minimum absolute atomic E-state index is 0.194. The highest BCUT2D eigenvalue weighted by Gasteiger charge is 2.35. The Morgan fingerprint density at radius 1 is 1.54 bits per heavy atom. The molecule has 0 bridgehead atoms. The van der Waals surface area contributed by atoms with Crippen LogP contribution >= 0.6 is 0 Å². The zero-order chi connectivity index (χ0) is 9.42. The van der Waals surface area contributed by atoms with Gasteiger partial charge in [0.1, 0.15) is 0 Å². The molecule has 0 spiro atoms. The molecule has 13 heavy (non-hydrogen) atoms. The summed E-state index contributed by atoms with van der Waals surface area (Å²) < 4.78 is 4.95. The lowest BCUT2D eigenvalue weighted by Crippen LogP contribution is -2.00. The van der Waals surface area contributed by atoms with Crippen molar-refractivity contribution < 1.29 is 9.84 Å². The largest absolute Gasteiger partial charge is 0.504 e. The fourth-order valence-corrected chi connectivity index (χ4v) is 1.54. The van der Waals surface area contributed by atoms with E-state index in [9.17, 15) is 5.11 Å². The van der Waals surface area contributed by atoms with Crippen molar-refractivity contribution in [3.63, 3.8) is 0 Å². The molecule has 1 aromatic rings.